The van der Waals surface area contributed by atoms with Crippen LogP contribution in [-0.2, 0) is 4.79 Å². The van der Waals surface area contributed by atoms with Crippen molar-refractivity contribution in [3.05, 3.63) is 23.8 Å². The van der Waals surface area contributed by atoms with Gasteiger partial charge in [0.25, 0.3) is 0 Å². The maximum absolute atomic E-state index is 12.3. The summed E-state index contributed by atoms with van der Waals surface area (Å²) in [5.74, 6) is 1.67. The number of carbonyl (C=O) groups is 1. The first-order chi connectivity index (χ1) is 11.6. The molecule has 1 heterocycles. The van der Waals surface area contributed by atoms with E-state index in [1.54, 1.807) is 7.11 Å². The molecule has 1 saturated carbocycles. The second-order valence-electron chi connectivity index (χ2n) is 7.15. The molecule has 1 aromatic rings. The number of aryl methyl sites for hydroxylation is 1. The van der Waals surface area contributed by atoms with Gasteiger partial charge in [-0.2, -0.15) is 0 Å². The summed E-state index contributed by atoms with van der Waals surface area (Å²) in [6.07, 6.45) is 5.06. The number of hydrogen-bond acceptors (Lipinski definition) is 4. The summed E-state index contributed by atoms with van der Waals surface area (Å²) >= 11 is 0. The molecule has 5 nitrogen and oxygen atoms in total. The Morgan fingerprint density at radius 3 is 2.67 bits per heavy atom. The Morgan fingerprint density at radius 1 is 1.25 bits per heavy atom. The zero-order chi connectivity index (χ0) is 16.9. The Bertz CT molecular complexity index is 564. The van der Waals surface area contributed by atoms with Crippen molar-refractivity contribution in [3.63, 3.8) is 0 Å². The number of nitrogens with zero attached hydrogens (tertiary/aromatic N) is 1. The highest BCUT2D eigenvalue weighted by Crippen LogP contribution is 2.28. The van der Waals surface area contributed by atoms with Gasteiger partial charge in [0.05, 0.1) is 19.3 Å². The van der Waals surface area contributed by atoms with Gasteiger partial charge in [-0.3, -0.25) is 9.69 Å². The minimum atomic E-state index is 0.0308. The van der Waals surface area contributed by atoms with Crippen molar-refractivity contribution in [2.45, 2.75) is 38.6 Å². The van der Waals surface area contributed by atoms with Crippen molar-refractivity contribution in [2.75, 3.05) is 38.6 Å². The molecule has 1 saturated heterocycles. The molecule has 132 valence electrons. The summed E-state index contributed by atoms with van der Waals surface area (Å²) in [4.78, 5) is 14.6. The molecule has 2 N–H and O–H groups in total. The Hall–Kier alpha value is -1.59. The Labute approximate surface area is 144 Å². The number of anilines is 1. The Kier molecular flexibility index (Phi) is 5.74. The van der Waals surface area contributed by atoms with E-state index in [9.17, 15) is 4.79 Å². The summed E-state index contributed by atoms with van der Waals surface area (Å²) in [7, 11) is 1.62. The third-order valence-corrected chi connectivity index (χ3v) is 4.98. The van der Waals surface area contributed by atoms with Gasteiger partial charge in [-0.25, -0.2) is 0 Å². The molecule has 0 unspecified atom stereocenters. The van der Waals surface area contributed by atoms with Gasteiger partial charge in [0, 0.05) is 19.1 Å². The molecular weight excluding hydrogens is 302 g/mol. The van der Waals surface area contributed by atoms with Crippen LogP contribution in [0.15, 0.2) is 18.2 Å². The highest BCUT2D eigenvalue weighted by atomic mass is 16.5. The minimum Gasteiger partial charge on any atom is -0.495 e. The molecule has 0 spiro atoms. The molecule has 1 aliphatic carbocycles. The molecule has 1 aromatic carbocycles. The zero-order valence-electron chi connectivity index (χ0n) is 14.8. The fraction of sp³-hybridized carbons (Fsp3) is 0.632. The van der Waals surface area contributed by atoms with E-state index in [-0.39, 0.29) is 5.91 Å². The number of piperidine rings is 1. The van der Waals surface area contributed by atoms with Crippen LogP contribution in [0, 0.1) is 12.8 Å². The molecule has 0 bridgehead atoms. The number of carbonyl (C=O) groups excluding carboxylic acids is 1. The lowest BCUT2D eigenvalue weighted by atomic mass is 10.0. The average molecular weight is 331 g/mol. The number of nitrogens with one attached hydrogen (secondary N) is 2. The molecular formula is C19H29N3O2. The quantitative estimate of drug-likeness (QED) is 0.806. The Morgan fingerprint density at radius 2 is 2.00 bits per heavy atom. The molecule has 2 fully saturated rings. The van der Waals surface area contributed by atoms with Gasteiger partial charge in [0.15, 0.2) is 0 Å². The van der Waals surface area contributed by atoms with Gasteiger partial charge in [-0.15, -0.1) is 0 Å². The van der Waals surface area contributed by atoms with E-state index in [2.05, 4.69) is 15.5 Å². The third kappa shape index (κ3) is 4.95. The van der Waals surface area contributed by atoms with Crippen LogP contribution in [-0.4, -0.2) is 50.1 Å². The van der Waals surface area contributed by atoms with Gasteiger partial charge in [0.1, 0.15) is 5.75 Å². The number of benzene rings is 1. The number of likely N-dealkylation sites (tertiary alicyclic amines) is 1. The largest absolute Gasteiger partial charge is 0.495 e. The fourth-order valence-electron chi connectivity index (χ4n) is 3.26. The van der Waals surface area contributed by atoms with Crippen LogP contribution < -0.4 is 15.4 Å². The van der Waals surface area contributed by atoms with Crippen molar-refractivity contribution in [1.29, 1.82) is 0 Å². The summed E-state index contributed by atoms with van der Waals surface area (Å²) in [6, 6.07) is 6.45. The summed E-state index contributed by atoms with van der Waals surface area (Å²) < 4.78 is 5.32. The normalized spacial score (nSPS) is 19.2. The lowest BCUT2D eigenvalue weighted by Gasteiger charge is -2.32. The maximum Gasteiger partial charge on any atom is 0.238 e. The minimum absolute atomic E-state index is 0.0308. The molecule has 1 aliphatic heterocycles. The van der Waals surface area contributed by atoms with Gasteiger partial charge in [-0.05, 0) is 62.8 Å². The second-order valence-corrected chi connectivity index (χ2v) is 7.15. The monoisotopic (exact) mass is 331 g/mol. The second kappa shape index (κ2) is 7.99. The first kappa shape index (κ1) is 17.2. The molecule has 0 radical (unpaired) electrons. The van der Waals surface area contributed by atoms with Gasteiger partial charge < -0.3 is 15.4 Å². The van der Waals surface area contributed by atoms with E-state index in [4.69, 9.17) is 4.74 Å². The average Bonchev–Trinajstić information content (AvgIpc) is 3.39. The molecule has 0 aromatic heterocycles. The van der Waals surface area contributed by atoms with Crippen LogP contribution in [0.5, 0.6) is 5.75 Å². The Balaban J connectivity index is 1.43. The van der Waals surface area contributed by atoms with Crippen molar-refractivity contribution in [1.82, 2.24) is 10.2 Å². The van der Waals surface area contributed by atoms with Crippen LogP contribution >= 0.6 is 0 Å². The summed E-state index contributed by atoms with van der Waals surface area (Å²) in [5.41, 5.74) is 1.86. The molecule has 2 aliphatic rings. The number of methoxy groups -OCH3 is 1. The van der Waals surface area contributed by atoms with E-state index < -0.39 is 0 Å². The molecule has 1 amide bonds. The van der Waals surface area contributed by atoms with Crippen LogP contribution in [0.4, 0.5) is 5.69 Å². The van der Waals surface area contributed by atoms with E-state index in [1.165, 1.54) is 19.4 Å². The highest BCUT2D eigenvalue weighted by Gasteiger charge is 2.25. The van der Waals surface area contributed by atoms with E-state index in [1.807, 2.05) is 25.1 Å². The van der Waals surface area contributed by atoms with E-state index >= 15 is 0 Å². The van der Waals surface area contributed by atoms with Crippen molar-refractivity contribution >= 4 is 11.6 Å². The summed E-state index contributed by atoms with van der Waals surface area (Å²) in [6.45, 7) is 5.61. The topological polar surface area (TPSA) is 53.6 Å². The predicted molar refractivity (Wildman–Crippen MR) is 96.5 cm³/mol. The van der Waals surface area contributed by atoms with Crippen LogP contribution in [0.25, 0.3) is 0 Å². The number of hydrogen-bond donors (Lipinski definition) is 2. The van der Waals surface area contributed by atoms with Crippen molar-refractivity contribution in [3.8, 4) is 5.75 Å². The smallest absolute Gasteiger partial charge is 0.238 e. The van der Waals surface area contributed by atoms with Crippen LogP contribution in [0.1, 0.15) is 31.2 Å². The SMILES string of the molecule is COc1ccc(C)cc1NC(=O)CN1CCC(NCC2CC2)CC1. The molecule has 3 rings (SSSR count). The first-order valence-corrected chi connectivity index (χ1v) is 9.04. The molecule has 5 heteroatoms. The van der Waals surface area contributed by atoms with Gasteiger partial charge in [0.2, 0.25) is 5.91 Å². The first-order valence-electron chi connectivity index (χ1n) is 9.04. The number of amides is 1. The van der Waals surface area contributed by atoms with Crippen LogP contribution in [0.2, 0.25) is 0 Å². The van der Waals surface area contributed by atoms with E-state index in [0.29, 0.717) is 18.3 Å². The van der Waals surface area contributed by atoms with E-state index in [0.717, 1.165) is 43.1 Å². The fourth-order valence-corrected chi connectivity index (χ4v) is 3.26. The van der Waals surface area contributed by atoms with Gasteiger partial charge in [-0.1, -0.05) is 6.07 Å². The summed E-state index contributed by atoms with van der Waals surface area (Å²) in [5, 5.41) is 6.66. The third-order valence-electron chi connectivity index (χ3n) is 4.98. The lowest BCUT2D eigenvalue weighted by Crippen LogP contribution is -2.45. The maximum atomic E-state index is 12.3. The lowest BCUT2D eigenvalue weighted by molar-refractivity contribution is -0.117. The number of ether oxygens (including phenoxy) is 1. The standard InChI is InChI=1S/C19H29N3O2/c1-14-3-6-18(24-2)17(11-14)21-19(23)13-22-9-7-16(8-10-22)20-12-15-4-5-15/h3,6,11,15-16,20H,4-5,7-10,12-13H2,1-2H3,(H,21,23). The van der Waals surface area contributed by atoms with Crippen molar-refractivity contribution in [2.24, 2.45) is 5.92 Å². The zero-order valence-corrected chi connectivity index (χ0v) is 14.8. The predicted octanol–water partition coefficient (Wildman–Crippen LogP) is 2.41. The highest BCUT2D eigenvalue weighted by molar-refractivity contribution is 5.93. The van der Waals surface area contributed by atoms with Gasteiger partial charge >= 0.3 is 0 Å². The molecule has 24 heavy (non-hydrogen) atoms. The number of rotatable bonds is 7. The van der Waals surface area contributed by atoms with Crippen LogP contribution in [0.3, 0.4) is 0 Å². The van der Waals surface area contributed by atoms with Crippen molar-refractivity contribution < 1.29 is 9.53 Å². The molecule has 0 atom stereocenters.